The van der Waals surface area contributed by atoms with Gasteiger partial charge in [-0.2, -0.15) is 17.5 Å². The lowest BCUT2D eigenvalue weighted by atomic mass is 10.4. The van der Waals surface area contributed by atoms with E-state index in [0.717, 1.165) is 12.3 Å². The number of alkyl halides is 3. The number of aromatic amines is 1. The van der Waals surface area contributed by atoms with E-state index in [1.807, 2.05) is 0 Å². The summed E-state index contributed by atoms with van der Waals surface area (Å²) >= 11 is 0. The average Bonchev–Trinajstić information content (AvgIpc) is 2.73. The number of halogens is 3. The Bertz CT molecular complexity index is 522. The van der Waals surface area contributed by atoms with Crippen molar-refractivity contribution in [2.24, 2.45) is 0 Å². The van der Waals surface area contributed by atoms with Crippen LogP contribution in [0.4, 0.5) is 13.2 Å². The number of aromatic nitrogens is 1. The molecule has 1 heterocycles. The first-order chi connectivity index (χ1) is 8.58. The highest BCUT2D eigenvalue weighted by Crippen LogP contribution is 2.25. The molecule has 0 aromatic carbocycles. The topological polar surface area (TPSA) is 73.4 Å². The molecule has 1 rings (SSSR count). The molecule has 0 atom stereocenters. The van der Waals surface area contributed by atoms with Gasteiger partial charge in [0.15, 0.2) is 0 Å². The summed E-state index contributed by atoms with van der Waals surface area (Å²) in [7, 11) is -4.25. The fraction of sp³-hybridized carbons (Fsp3) is 0.600. The number of aliphatic hydroxyl groups is 1. The van der Waals surface area contributed by atoms with E-state index < -0.39 is 35.4 Å². The summed E-state index contributed by atoms with van der Waals surface area (Å²) in [4.78, 5) is 2.18. The minimum Gasteiger partial charge on any atom is -0.390 e. The molecule has 9 heteroatoms. The van der Waals surface area contributed by atoms with Gasteiger partial charge in [-0.25, -0.2) is 8.42 Å². The lowest BCUT2D eigenvalue weighted by Crippen LogP contribution is -2.43. The van der Waals surface area contributed by atoms with Crippen LogP contribution in [0.2, 0.25) is 0 Å². The van der Waals surface area contributed by atoms with Crippen molar-refractivity contribution in [2.75, 3.05) is 6.54 Å². The van der Waals surface area contributed by atoms with Gasteiger partial charge in [0, 0.05) is 17.9 Å². The highest BCUT2D eigenvalue weighted by Gasteiger charge is 2.38. The Kier molecular flexibility index (Phi) is 4.64. The Hall–Kier alpha value is -1.06. The molecule has 0 saturated heterocycles. The number of nitrogens with one attached hydrogen (secondary N) is 1. The molecular weight excluding hydrogens is 285 g/mol. The van der Waals surface area contributed by atoms with Gasteiger partial charge in [0.1, 0.15) is 6.54 Å². The van der Waals surface area contributed by atoms with Gasteiger partial charge < -0.3 is 10.1 Å². The maximum absolute atomic E-state index is 12.4. The maximum atomic E-state index is 12.4. The van der Waals surface area contributed by atoms with Crippen LogP contribution in [-0.4, -0.2) is 41.6 Å². The molecule has 0 saturated carbocycles. The molecule has 0 aliphatic heterocycles. The second kappa shape index (κ2) is 5.51. The summed E-state index contributed by atoms with van der Waals surface area (Å²) in [6.07, 6.45) is -3.56. The first kappa shape index (κ1) is 16.0. The van der Waals surface area contributed by atoms with Gasteiger partial charge in [-0.3, -0.25) is 0 Å². The minimum atomic E-state index is -4.62. The van der Waals surface area contributed by atoms with Crippen molar-refractivity contribution in [1.29, 1.82) is 0 Å². The van der Waals surface area contributed by atoms with Gasteiger partial charge in [0.2, 0.25) is 10.0 Å². The number of sulfonamides is 1. The van der Waals surface area contributed by atoms with Gasteiger partial charge in [-0.05, 0) is 19.9 Å². The van der Waals surface area contributed by atoms with E-state index in [2.05, 4.69) is 4.98 Å². The van der Waals surface area contributed by atoms with Gasteiger partial charge in [-0.1, -0.05) is 0 Å². The Morgan fingerprint density at radius 1 is 1.42 bits per heavy atom. The monoisotopic (exact) mass is 300 g/mol. The number of hydrogen-bond acceptors (Lipinski definition) is 3. The number of nitrogens with zero attached hydrogens (tertiary/aromatic N) is 1. The zero-order valence-corrected chi connectivity index (χ0v) is 11.2. The lowest BCUT2D eigenvalue weighted by Gasteiger charge is -2.26. The van der Waals surface area contributed by atoms with Crippen LogP contribution in [-0.2, 0) is 16.6 Å². The fourth-order valence-corrected chi connectivity index (χ4v) is 3.16. The third kappa shape index (κ3) is 3.95. The van der Waals surface area contributed by atoms with Crippen molar-refractivity contribution in [3.05, 3.63) is 18.0 Å². The summed E-state index contributed by atoms with van der Waals surface area (Å²) in [6, 6.07) is 0.278. The zero-order chi connectivity index (χ0) is 14.8. The standard InChI is InChI=1S/C10H15F3N2O3S/c1-7(2)15(6-10(11,12)13)19(17,18)9-3-8(5-16)14-4-9/h3-4,7,14,16H,5-6H2,1-2H3. The van der Waals surface area contributed by atoms with E-state index in [-0.39, 0.29) is 10.6 Å². The molecule has 19 heavy (non-hydrogen) atoms. The van der Waals surface area contributed by atoms with Crippen molar-refractivity contribution in [2.45, 2.75) is 37.6 Å². The molecule has 0 aliphatic carbocycles. The fourth-order valence-electron chi connectivity index (χ4n) is 1.52. The minimum absolute atomic E-state index is 0.217. The van der Waals surface area contributed by atoms with Gasteiger partial charge in [-0.15, -0.1) is 0 Å². The lowest BCUT2D eigenvalue weighted by molar-refractivity contribution is -0.138. The summed E-state index contributed by atoms with van der Waals surface area (Å²) < 4.78 is 61.9. The molecule has 5 nitrogen and oxygen atoms in total. The molecule has 0 spiro atoms. The molecule has 1 aromatic rings. The molecule has 110 valence electrons. The Morgan fingerprint density at radius 3 is 2.37 bits per heavy atom. The number of aliphatic hydroxyl groups excluding tert-OH is 1. The number of rotatable bonds is 5. The summed E-state index contributed by atoms with van der Waals surface area (Å²) in [6.45, 7) is 0.759. The molecule has 0 unspecified atom stereocenters. The third-order valence-electron chi connectivity index (χ3n) is 2.40. The number of H-pyrrole nitrogens is 1. The molecule has 0 bridgehead atoms. The second-order valence-electron chi connectivity index (χ2n) is 4.28. The van der Waals surface area contributed by atoms with E-state index in [1.165, 1.54) is 13.8 Å². The van der Waals surface area contributed by atoms with Crippen LogP contribution >= 0.6 is 0 Å². The predicted molar refractivity (Wildman–Crippen MR) is 61.8 cm³/mol. The highest BCUT2D eigenvalue weighted by molar-refractivity contribution is 7.89. The van der Waals surface area contributed by atoms with E-state index >= 15 is 0 Å². The first-order valence-corrected chi connectivity index (χ1v) is 6.88. The molecule has 2 N–H and O–H groups in total. The zero-order valence-electron chi connectivity index (χ0n) is 10.4. The smallest absolute Gasteiger partial charge is 0.390 e. The Labute approximate surface area is 109 Å². The van der Waals surface area contributed by atoms with Crippen LogP contribution in [0, 0.1) is 0 Å². The SMILES string of the molecule is CC(C)N(CC(F)(F)F)S(=O)(=O)c1c[nH]c(CO)c1. The highest BCUT2D eigenvalue weighted by atomic mass is 32.2. The summed E-state index contributed by atoms with van der Waals surface area (Å²) in [5.74, 6) is 0. The van der Waals surface area contributed by atoms with E-state index in [0.29, 0.717) is 4.31 Å². The number of hydrogen-bond donors (Lipinski definition) is 2. The van der Waals surface area contributed by atoms with Crippen LogP contribution in [0.15, 0.2) is 17.2 Å². The van der Waals surface area contributed by atoms with Gasteiger partial charge in [0.05, 0.1) is 11.5 Å². The molecule has 0 radical (unpaired) electrons. The van der Waals surface area contributed by atoms with Crippen LogP contribution in [0.25, 0.3) is 0 Å². The molecule has 0 aliphatic rings. The summed E-state index contributed by atoms with van der Waals surface area (Å²) in [5, 5.41) is 8.83. The quantitative estimate of drug-likeness (QED) is 0.865. The van der Waals surface area contributed by atoms with E-state index in [4.69, 9.17) is 5.11 Å². The van der Waals surface area contributed by atoms with Crippen molar-refractivity contribution >= 4 is 10.0 Å². The Morgan fingerprint density at radius 2 is 2.00 bits per heavy atom. The molecular formula is C10H15F3N2O3S. The van der Waals surface area contributed by atoms with Gasteiger partial charge >= 0.3 is 6.18 Å². The molecule has 1 aromatic heterocycles. The van der Waals surface area contributed by atoms with Crippen LogP contribution < -0.4 is 0 Å². The third-order valence-corrected chi connectivity index (χ3v) is 4.40. The van der Waals surface area contributed by atoms with Crippen LogP contribution in [0.1, 0.15) is 19.5 Å². The average molecular weight is 300 g/mol. The van der Waals surface area contributed by atoms with Crippen molar-refractivity contribution in [3.8, 4) is 0 Å². The van der Waals surface area contributed by atoms with E-state index in [9.17, 15) is 21.6 Å². The largest absolute Gasteiger partial charge is 0.402 e. The molecule has 0 amide bonds. The van der Waals surface area contributed by atoms with Crippen molar-refractivity contribution < 1.29 is 26.7 Å². The van der Waals surface area contributed by atoms with Crippen molar-refractivity contribution in [1.82, 2.24) is 9.29 Å². The van der Waals surface area contributed by atoms with Crippen LogP contribution in [0.3, 0.4) is 0 Å². The second-order valence-corrected chi connectivity index (χ2v) is 6.17. The normalized spacial score (nSPS) is 13.5. The molecule has 0 fully saturated rings. The van der Waals surface area contributed by atoms with Crippen molar-refractivity contribution in [3.63, 3.8) is 0 Å². The predicted octanol–water partition coefficient (Wildman–Crippen LogP) is 1.47. The van der Waals surface area contributed by atoms with Gasteiger partial charge in [0.25, 0.3) is 0 Å². The maximum Gasteiger partial charge on any atom is 0.402 e. The summed E-state index contributed by atoms with van der Waals surface area (Å²) in [5.41, 5.74) is 0.217. The Balaban J connectivity index is 3.13. The van der Waals surface area contributed by atoms with E-state index in [1.54, 1.807) is 0 Å². The van der Waals surface area contributed by atoms with Crippen LogP contribution in [0.5, 0.6) is 0 Å². The first-order valence-electron chi connectivity index (χ1n) is 5.44.